The van der Waals surface area contributed by atoms with Gasteiger partial charge < -0.3 is 14.2 Å². The third-order valence-electron chi connectivity index (χ3n) is 3.85. The molecule has 0 amide bonds. The lowest BCUT2D eigenvalue weighted by molar-refractivity contribution is -0.141. The highest BCUT2D eigenvalue weighted by molar-refractivity contribution is 5.99. The fourth-order valence-corrected chi connectivity index (χ4v) is 2.52. The molecule has 0 aliphatic carbocycles. The van der Waals surface area contributed by atoms with E-state index in [1.54, 1.807) is 31.2 Å². The van der Waals surface area contributed by atoms with E-state index in [1.807, 2.05) is 42.5 Å². The Morgan fingerprint density at radius 1 is 0.885 bits per heavy atom. The molecule has 0 saturated carbocycles. The molecule has 0 N–H and O–H groups in total. The first-order chi connectivity index (χ1) is 12.6. The molecule has 5 heteroatoms. The van der Waals surface area contributed by atoms with Gasteiger partial charge in [0.15, 0.2) is 6.10 Å². The lowest BCUT2D eigenvalue weighted by Gasteiger charge is -2.15. The van der Waals surface area contributed by atoms with Crippen LogP contribution in [0.5, 0.6) is 11.5 Å². The number of ether oxygens (including phenoxy) is 3. The van der Waals surface area contributed by atoms with Gasteiger partial charge in [0.05, 0.1) is 7.11 Å². The molecular formula is C21H18O5. The number of methoxy groups -OCH3 is 1. The molecule has 1 unspecified atom stereocenters. The minimum absolute atomic E-state index is 0.143. The summed E-state index contributed by atoms with van der Waals surface area (Å²) in [4.78, 5) is 24.5. The lowest BCUT2D eigenvalue weighted by atomic mass is 10.1. The van der Waals surface area contributed by atoms with Crippen LogP contribution in [-0.2, 0) is 9.53 Å². The summed E-state index contributed by atoms with van der Waals surface area (Å²) in [5, 5.41) is 1.70. The first kappa shape index (κ1) is 17.5. The molecule has 5 nitrogen and oxygen atoms in total. The van der Waals surface area contributed by atoms with E-state index in [0.29, 0.717) is 5.75 Å². The van der Waals surface area contributed by atoms with Gasteiger partial charge >= 0.3 is 11.9 Å². The molecule has 0 aromatic heterocycles. The van der Waals surface area contributed by atoms with Gasteiger partial charge in [0, 0.05) is 0 Å². The summed E-state index contributed by atoms with van der Waals surface area (Å²) in [6.07, 6.45) is -0.839. The topological polar surface area (TPSA) is 61.8 Å². The van der Waals surface area contributed by atoms with Crippen LogP contribution in [0.25, 0.3) is 10.8 Å². The Morgan fingerprint density at radius 2 is 1.50 bits per heavy atom. The van der Waals surface area contributed by atoms with Crippen molar-refractivity contribution in [3.8, 4) is 11.5 Å². The standard InChI is InChI=1S/C21H18O5/c1-14(25-17-10-4-3-5-11-17)20(22)26-19-13-16-9-7-6-8-15(16)12-18(19)21(23)24-2/h3-14H,1-2H3. The van der Waals surface area contributed by atoms with Crippen molar-refractivity contribution in [2.75, 3.05) is 7.11 Å². The molecule has 0 fully saturated rings. The first-order valence-electron chi connectivity index (χ1n) is 8.13. The third kappa shape index (κ3) is 3.83. The minimum Gasteiger partial charge on any atom is -0.479 e. The molecule has 3 aromatic rings. The van der Waals surface area contributed by atoms with Crippen LogP contribution in [0.2, 0.25) is 0 Å². The van der Waals surface area contributed by atoms with E-state index < -0.39 is 18.0 Å². The van der Waals surface area contributed by atoms with E-state index in [9.17, 15) is 9.59 Å². The number of esters is 2. The van der Waals surface area contributed by atoms with Crippen LogP contribution in [0.15, 0.2) is 66.7 Å². The van der Waals surface area contributed by atoms with E-state index >= 15 is 0 Å². The zero-order valence-corrected chi connectivity index (χ0v) is 14.5. The highest BCUT2D eigenvalue weighted by atomic mass is 16.6. The Hall–Kier alpha value is -3.34. The largest absolute Gasteiger partial charge is 0.479 e. The van der Waals surface area contributed by atoms with Crippen molar-refractivity contribution in [2.45, 2.75) is 13.0 Å². The van der Waals surface area contributed by atoms with Crippen LogP contribution >= 0.6 is 0 Å². The van der Waals surface area contributed by atoms with Crippen molar-refractivity contribution in [1.82, 2.24) is 0 Å². The van der Waals surface area contributed by atoms with E-state index in [1.165, 1.54) is 7.11 Å². The SMILES string of the molecule is COC(=O)c1cc2ccccc2cc1OC(=O)C(C)Oc1ccccc1. The van der Waals surface area contributed by atoms with Gasteiger partial charge in [-0.1, -0.05) is 42.5 Å². The number of benzene rings is 3. The van der Waals surface area contributed by atoms with Crippen LogP contribution in [0, 0.1) is 0 Å². The van der Waals surface area contributed by atoms with Gasteiger partial charge in [0.2, 0.25) is 0 Å². The highest BCUT2D eigenvalue weighted by Gasteiger charge is 2.22. The molecule has 0 bridgehead atoms. The van der Waals surface area contributed by atoms with Gasteiger partial charge in [-0.25, -0.2) is 9.59 Å². The third-order valence-corrected chi connectivity index (χ3v) is 3.85. The maximum Gasteiger partial charge on any atom is 0.352 e. The Kier molecular flexibility index (Phi) is 5.17. The summed E-state index contributed by atoms with van der Waals surface area (Å²) in [5.41, 5.74) is 0.187. The van der Waals surface area contributed by atoms with Gasteiger partial charge in [-0.2, -0.15) is 0 Å². The van der Waals surface area contributed by atoms with E-state index in [0.717, 1.165) is 10.8 Å². The predicted molar refractivity (Wildman–Crippen MR) is 97.5 cm³/mol. The Labute approximate surface area is 151 Å². The molecule has 3 aromatic carbocycles. The number of para-hydroxylation sites is 1. The average molecular weight is 350 g/mol. The molecule has 1 atom stereocenters. The molecule has 132 valence electrons. The van der Waals surface area contributed by atoms with Gasteiger partial charge in [-0.3, -0.25) is 0 Å². The minimum atomic E-state index is -0.839. The molecule has 0 aliphatic rings. The Bertz CT molecular complexity index is 934. The zero-order chi connectivity index (χ0) is 18.5. The quantitative estimate of drug-likeness (QED) is 0.514. The van der Waals surface area contributed by atoms with Crippen LogP contribution in [0.1, 0.15) is 17.3 Å². The van der Waals surface area contributed by atoms with Crippen molar-refractivity contribution in [2.24, 2.45) is 0 Å². The molecule has 0 spiro atoms. The van der Waals surface area contributed by atoms with Crippen molar-refractivity contribution >= 4 is 22.7 Å². The second kappa shape index (κ2) is 7.70. The second-order valence-electron chi connectivity index (χ2n) is 5.68. The smallest absolute Gasteiger partial charge is 0.352 e. The number of rotatable bonds is 5. The summed E-state index contributed by atoms with van der Waals surface area (Å²) in [6.45, 7) is 1.59. The molecule has 0 aliphatic heterocycles. The molecule has 0 saturated heterocycles. The second-order valence-corrected chi connectivity index (χ2v) is 5.68. The van der Waals surface area contributed by atoms with Gasteiger partial charge in [-0.05, 0) is 42.0 Å². The number of carbonyl (C=O) groups excluding carboxylic acids is 2. The van der Waals surface area contributed by atoms with E-state index in [4.69, 9.17) is 14.2 Å². The van der Waals surface area contributed by atoms with E-state index in [-0.39, 0.29) is 11.3 Å². The van der Waals surface area contributed by atoms with Crippen molar-refractivity contribution in [3.63, 3.8) is 0 Å². The number of hydrogen-bond donors (Lipinski definition) is 0. The van der Waals surface area contributed by atoms with Crippen LogP contribution in [0.3, 0.4) is 0 Å². The molecule has 26 heavy (non-hydrogen) atoms. The van der Waals surface area contributed by atoms with Crippen molar-refractivity contribution in [1.29, 1.82) is 0 Å². The van der Waals surface area contributed by atoms with Gasteiger partial charge in [0.25, 0.3) is 0 Å². The van der Waals surface area contributed by atoms with Crippen molar-refractivity contribution < 1.29 is 23.8 Å². The molecule has 0 heterocycles. The summed E-state index contributed by atoms with van der Waals surface area (Å²) in [7, 11) is 1.28. The monoisotopic (exact) mass is 350 g/mol. The Balaban J connectivity index is 1.86. The normalized spacial score (nSPS) is 11.6. The predicted octanol–water partition coefficient (Wildman–Crippen LogP) is 4.00. The molecule has 3 rings (SSSR count). The molecular weight excluding hydrogens is 332 g/mol. The maximum atomic E-state index is 12.4. The van der Waals surface area contributed by atoms with Gasteiger partial charge in [-0.15, -0.1) is 0 Å². The summed E-state index contributed by atoms with van der Waals surface area (Å²) in [6, 6.07) is 19.7. The fourth-order valence-electron chi connectivity index (χ4n) is 2.52. The zero-order valence-electron chi connectivity index (χ0n) is 14.5. The summed E-state index contributed by atoms with van der Waals surface area (Å²) >= 11 is 0. The summed E-state index contributed by atoms with van der Waals surface area (Å²) < 4.78 is 15.8. The lowest BCUT2D eigenvalue weighted by Crippen LogP contribution is -2.29. The Morgan fingerprint density at radius 3 is 2.15 bits per heavy atom. The molecule has 0 radical (unpaired) electrons. The number of fused-ring (bicyclic) bond motifs is 1. The van der Waals surface area contributed by atoms with Crippen LogP contribution in [0.4, 0.5) is 0 Å². The maximum absolute atomic E-state index is 12.4. The van der Waals surface area contributed by atoms with E-state index in [2.05, 4.69) is 0 Å². The first-order valence-corrected chi connectivity index (χ1v) is 8.13. The summed E-state index contributed by atoms with van der Waals surface area (Å²) in [5.74, 6) is -0.475. The highest BCUT2D eigenvalue weighted by Crippen LogP contribution is 2.27. The fraction of sp³-hybridized carbons (Fsp3) is 0.143. The number of hydrogen-bond acceptors (Lipinski definition) is 5. The van der Waals surface area contributed by atoms with Crippen LogP contribution in [-0.4, -0.2) is 25.2 Å². The van der Waals surface area contributed by atoms with Crippen LogP contribution < -0.4 is 9.47 Å². The number of carbonyl (C=O) groups is 2. The van der Waals surface area contributed by atoms with Crippen molar-refractivity contribution in [3.05, 3.63) is 72.3 Å². The average Bonchev–Trinajstić information content (AvgIpc) is 2.67. The van der Waals surface area contributed by atoms with Gasteiger partial charge in [0.1, 0.15) is 17.1 Å².